The van der Waals surface area contributed by atoms with Crippen LogP contribution in [0.15, 0.2) is 36.7 Å². The van der Waals surface area contributed by atoms with Gasteiger partial charge in [-0.15, -0.1) is 0 Å². The maximum Gasteiger partial charge on any atom is 0.123 e. The lowest BCUT2D eigenvalue weighted by atomic mass is 10.1. The summed E-state index contributed by atoms with van der Waals surface area (Å²) in [6, 6.07) is 7.13. The molecule has 0 amide bonds. The molecule has 0 aliphatic heterocycles. The molecule has 3 rings (SSSR count). The molecule has 2 aromatic rings. The Labute approximate surface area is 100 Å². The summed E-state index contributed by atoms with van der Waals surface area (Å²) in [5, 5.41) is 4.42. The van der Waals surface area contributed by atoms with Crippen molar-refractivity contribution in [2.45, 2.75) is 31.7 Å². The molecule has 1 fully saturated rings. The standard InChI is InChI=1S/C14H15FN2/c15-13-7-5-11(6-8-13)12-9-16-17(10-12)14-3-1-2-4-14/h5-10,14H,1-4H2. The highest BCUT2D eigenvalue weighted by atomic mass is 19.1. The second kappa shape index (κ2) is 4.32. The second-order valence-electron chi connectivity index (χ2n) is 4.65. The van der Waals surface area contributed by atoms with Gasteiger partial charge in [0.15, 0.2) is 0 Å². The van der Waals surface area contributed by atoms with Gasteiger partial charge >= 0.3 is 0 Å². The lowest BCUT2D eigenvalue weighted by molar-refractivity contribution is 0.467. The smallest absolute Gasteiger partial charge is 0.123 e. The van der Waals surface area contributed by atoms with Crippen molar-refractivity contribution in [2.24, 2.45) is 0 Å². The first-order valence-electron chi connectivity index (χ1n) is 6.13. The highest BCUT2D eigenvalue weighted by Crippen LogP contribution is 2.30. The van der Waals surface area contributed by atoms with E-state index in [4.69, 9.17) is 0 Å². The monoisotopic (exact) mass is 230 g/mol. The largest absolute Gasteiger partial charge is 0.269 e. The van der Waals surface area contributed by atoms with Crippen LogP contribution in [0.4, 0.5) is 4.39 Å². The van der Waals surface area contributed by atoms with Gasteiger partial charge in [-0.3, -0.25) is 4.68 Å². The Morgan fingerprint density at radius 1 is 1.06 bits per heavy atom. The van der Waals surface area contributed by atoms with Crippen LogP contribution in [0, 0.1) is 5.82 Å². The van der Waals surface area contributed by atoms with Gasteiger partial charge in [-0.1, -0.05) is 25.0 Å². The first-order valence-corrected chi connectivity index (χ1v) is 6.13. The number of aromatic nitrogens is 2. The maximum atomic E-state index is 12.8. The van der Waals surface area contributed by atoms with Gasteiger partial charge in [-0.2, -0.15) is 5.10 Å². The molecule has 0 bridgehead atoms. The van der Waals surface area contributed by atoms with E-state index in [1.54, 1.807) is 12.1 Å². The summed E-state index contributed by atoms with van der Waals surface area (Å²) < 4.78 is 14.9. The van der Waals surface area contributed by atoms with E-state index in [2.05, 4.69) is 16.0 Å². The molecule has 0 saturated heterocycles. The first kappa shape index (κ1) is 10.5. The predicted octanol–water partition coefficient (Wildman–Crippen LogP) is 3.80. The summed E-state index contributed by atoms with van der Waals surface area (Å²) in [5.41, 5.74) is 2.09. The number of halogens is 1. The van der Waals surface area contributed by atoms with Crippen LogP contribution in [0.5, 0.6) is 0 Å². The predicted molar refractivity (Wildman–Crippen MR) is 65.1 cm³/mol. The highest BCUT2D eigenvalue weighted by Gasteiger charge is 2.17. The van der Waals surface area contributed by atoms with Gasteiger partial charge in [-0.25, -0.2) is 4.39 Å². The van der Waals surface area contributed by atoms with E-state index in [-0.39, 0.29) is 5.82 Å². The number of hydrogen-bond donors (Lipinski definition) is 0. The third kappa shape index (κ3) is 2.09. The molecule has 1 saturated carbocycles. The van der Waals surface area contributed by atoms with Crippen molar-refractivity contribution in [3.63, 3.8) is 0 Å². The molecule has 1 aliphatic carbocycles. The van der Waals surface area contributed by atoms with E-state index >= 15 is 0 Å². The summed E-state index contributed by atoms with van der Waals surface area (Å²) in [6.45, 7) is 0. The molecule has 0 atom stereocenters. The van der Waals surface area contributed by atoms with Crippen molar-refractivity contribution in [3.8, 4) is 11.1 Å². The van der Waals surface area contributed by atoms with E-state index in [0.717, 1.165) is 11.1 Å². The van der Waals surface area contributed by atoms with E-state index in [9.17, 15) is 4.39 Å². The molecule has 3 heteroatoms. The van der Waals surface area contributed by atoms with E-state index in [0.29, 0.717) is 6.04 Å². The molecule has 88 valence electrons. The zero-order chi connectivity index (χ0) is 11.7. The summed E-state index contributed by atoms with van der Waals surface area (Å²) in [7, 11) is 0. The fourth-order valence-corrected chi connectivity index (χ4v) is 2.50. The van der Waals surface area contributed by atoms with Gasteiger partial charge in [0.25, 0.3) is 0 Å². The molecule has 1 aliphatic rings. The van der Waals surface area contributed by atoms with Crippen LogP contribution in [0.1, 0.15) is 31.7 Å². The Hall–Kier alpha value is -1.64. The molecular formula is C14H15FN2. The molecular weight excluding hydrogens is 215 g/mol. The van der Waals surface area contributed by atoms with Gasteiger partial charge in [0.05, 0.1) is 12.2 Å². The minimum atomic E-state index is -0.197. The average molecular weight is 230 g/mol. The Morgan fingerprint density at radius 3 is 2.47 bits per heavy atom. The number of benzene rings is 1. The molecule has 1 aromatic carbocycles. The number of rotatable bonds is 2. The minimum absolute atomic E-state index is 0.197. The van der Waals surface area contributed by atoms with Crippen LogP contribution in [0.2, 0.25) is 0 Å². The third-order valence-electron chi connectivity index (χ3n) is 3.48. The van der Waals surface area contributed by atoms with Gasteiger partial charge < -0.3 is 0 Å². The van der Waals surface area contributed by atoms with Crippen LogP contribution >= 0.6 is 0 Å². The second-order valence-corrected chi connectivity index (χ2v) is 4.65. The number of hydrogen-bond acceptors (Lipinski definition) is 1. The summed E-state index contributed by atoms with van der Waals surface area (Å²) in [4.78, 5) is 0. The van der Waals surface area contributed by atoms with Crippen molar-refractivity contribution in [1.82, 2.24) is 9.78 Å². The lowest BCUT2D eigenvalue weighted by Crippen LogP contribution is -2.04. The fourth-order valence-electron chi connectivity index (χ4n) is 2.50. The minimum Gasteiger partial charge on any atom is -0.269 e. The maximum absolute atomic E-state index is 12.8. The zero-order valence-electron chi connectivity index (χ0n) is 9.64. The van der Waals surface area contributed by atoms with Gasteiger partial charge in [-0.05, 0) is 30.5 Å². The summed E-state index contributed by atoms with van der Waals surface area (Å²) in [5.74, 6) is -0.197. The van der Waals surface area contributed by atoms with Gasteiger partial charge in [0, 0.05) is 11.8 Å². The molecule has 0 unspecified atom stereocenters. The van der Waals surface area contributed by atoms with Gasteiger partial charge in [0.1, 0.15) is 5.82 Å². The zero-order valence-corrected chi connectivity index (χ0v) is 9.64. The van der Waals surface area contributed by atoms with Crippen LogP contribution in [-0.4, -0.2) is 9.78 Å². The first-order chi connectivity index (χ1) is 8.33. The third-order valence-corrected chi connectivity index (χ3v) is 3.48. The Kier molecular flexibility index (Phi) is 2.67. The summed E-state index contributed by atoms with van der Waals surface area (Å²) in [6.07, 6.45) is 9.00. The van der Waals surface area contributed by atoms with Crippen molar-refractivity contribution >= 4 is 0 Å². The van der Waals surface area contributed by atoms with Gasteiger partial charge in [0.2, 0.25) is 0 Å². The molecule has 1 heterocycles. The fraction of sp³-hybridized carbons (Fsp3) is 0.357. The van der Waals surface area contributed by atoms with Crippen LogP contribution in [0.3, 0.4) is 0 Å². The highest BCUT2D eigenvalue weighted by molar-refractivity contribution is 5.61. The topological polar surface area (TPSA) is 17.8 Å². The van der Waals surface area contributed by atoms with E-state index in [1.807, 2.05) is 6.20 Å². The normalized spacial score (nSPS) is 16.5. The molecule has 0 spiro atoms. The van der Waals surface area contributed by atoms with Crippen LogP contribution in [0.25, 0.3) is 11.1 Å². The van der Waals surface area contributed by atoms with E-state index in [1.165, 1.54) is 37.8 Å². The molecule has 2 nitrogen and oxygen atoms in total. The SMILES string of the molecule is Fc1ccc(-c2cnn(C3CCCC3)c2)cc1. The molecule has 17 heavy (non-hydrogen) atoms. The molecule has 0 N–H and O–H groups in total. The van der Waals surface area contributed by atoms with Crippen molar-refractivity contribution in [3.05, 3.63) is 42.5 Å². The van der Waals surface area contributed by atoms with Crippen molar-refractivity contribution in [2.75, 3.05) is 0 Å². The van der Waals surface area contributed by atoms with Crippen molar-refractivity contribution < 1.29 is 4.39 Å². The summed E-state index contributed by atoms with van der Waals surface area (Å²) >= 11 is 0. The molecule has 1 aromatic heterocycles. The Bertz CT molecular complexity index is 495. The number of nitrogens with zero attached hydrogens (tertiary/aromatic N) is 2. The lowest BCUT2D eigenvalue weighted by Gasteiger charge is -2.08. The van der Waals surface area contributed by atoms with Crippen LogP contribution < -0.4 is 0 Å². The Balaban J connectivity index is 1.86. The van der Waals surface area contributed by atoms with Crippen molar-refractivity contribution in [1.29, 1.82) is 0 Å². The van der Waals surface area contributed by atoms with E-state index < -0.39 is 0 Å². The quantitative estimate of drug-likeness (QED) is 0.767. The average Bonchev–Trinajstić information content (AvgIpc) is 3.00. The molecule has 0 radical (unpaired) electrons. The Morgan fingerprint density at radius 2 is 1.76 bits per heavy atom. The van der Waals surface area contributed by atoms with Crippen LogP contribution in [-0.2, 0) is 0 Å².